The Kier molecular flexibility index (Phi) is 3.29. The van der Waals surface area contributed by atoms with Gasteiger partial charge in [0.05, 0.1) is 17.5 Å². The lowest BCUT2D eigenvalue weighted by Gasteiger charge is -2.05. The number of hydrogen-bond acceptors (Lipinski definition) is 2. The largest absolute Gasteiger partial charge is 0.342 e. The quantitative estimate of drug-likeness (QED) is 0.893. The highest BCUT2D eigenvalue weighted by Gasteiger charge is 2.18. The van der Waals surface area contributed by atoms with E-state index in [1.165, 1.54) is 24.4 Å². The van der Waals surface area contributed by atoms with E-state index in [0.717, 1.165) is 31.8 Å². The molecule has 0 aliphatic carbocycles. The summed E-state index contributed by atoms with van der Waals surface area (Å²) in [5.41, 5.74) is 0.363. The van der Waals surface area contributed by atoms with Gasteiger partial charge in [-0.3, -0.25) is 0 Å². The Bertz CT molecular complexity index is 554. The van der Waals surface area contributed by atoms with E-state index in [9.17, 15) is 8.78 Å². The number of hydrogen-bond donors (Lipinski definition) is 2. The van der Waals surface area contributed by atoms with Crippen LogP contribution in [-0.2, 0) is 6.42 Å². The fourth-order valence-corrected chi connectivity index (χ4v) is 2.51. The molecule has 0 saturated carbocycles. The molecule has 1 saturated heterocycles. The number of nitrogens with one attached hydrogen (secondary N) is 2. The molecule has 1 unspecified atom stereocenters. The number of rotatable bonds is 3. The highest BCUT2D eigenvalue weighted by atomic mass is 19.1. The van der Waals surface area contributed by atoms with E-state index in [0.29, 0.717) is 11.6 Å². The maximum atomic E-state index is 13.7. The molecule has 5 heteroatoms. The van der Waals surface area contributed by atoms with Crippen LogP contribution in [0.5, 0.6) is 0 Å². The molecule has 0 amide bonds. The minimum atomic E-state index is -0.572. The first kappa shape index (κ1) is 12.3. The van der Waals surface area contributed by atoms with Crippen LogP contribution >= 0.6 is 0 Å². The highest BCUT2D eigenvalue weighted by molar-refractivity contribution is 5.60. The molecule has 0 bridgehead atoms. The van der Waals surface area contributed by atoms with E-state index in [2.05, 4.69) is 15.3 Å². The zero-order valence-corrected chi connectivity index (χ0v) is 10.4. The molecule has 0 spiro atoms. The Morgan fingerprint density at radius 3 is 2.74 bits per heavy atom. The maximum absolute atomic E-state index is 13.7. The van der Waals surface area contributed by atoms with E-state index in [1.54, 1.807) is 0 Å². The molecular weight excluding hydrogens is 248 g/mol. The van der Waals surface area contributed by atoms with Crippen molar-refractivity contribution in [3.63, 3.8) is 0 Å². The van der Waals surface area contributed by atoms with Gasteiger partial charge in [0.15, 0.2) is 0 Å². The maximum Gasteiger partial charge on any atom is 0.135 e. The van der Waals surface area contributed by atoms with Gasteiger partial charge >= 0.3 is 0 Å². The second-order valence-corrected chi connectivity index (χ2v) is 4.90. The Hall–Kier alpha value is -1.75. The Morgan fingerprint density at radius 1 is 1.26 bits per heavy atom. The van der Waals surface area contributed by atoms with Crippen LogP contribution < -0.4 is 5.32 Å². The second-order valence-electron chi connectivity index (χ2n) is 4.90. The van der Waals surface area contributed by atoms with Crippen LogP contribution in [0.2, 0.25) is 0 Å². The van der Waals surface area contributed by atoms with Crippen LogP contribution in [0.25, 0.3) is 11.3 Å². The van der Waals surface area contributed by atoms with Crippen LogP contribution in [0, 0.1) is 17.6 Å². The summed E-state index contributed by atoms with van der Waals surface area (Å²) in [7, 11) is 0. The Labute approximate surface area is 110 Å². The van der Waals surface area contributed by atoms with Gasteiger partial charge in [-0.1, -0.05) is 6.07 Å². The molecule has 100 valence electrons. The number of benzene rings is 1. The predicted molar refractivity (Wildman–Crippen MR) is 68.6 cm³/mol. The van der Waals surface area contributed by atoms with Gasteiger partial charge in [-0.15, -0.1) is 0 Å². The zero-order valence-electron chi connectivity index (χ0n) is 10.4. The fourth-order valence-electron chi connectivity index (χ4n) is 2.51. The summed E-state index contributed by atoms with van der Waals surface area (Å²) in [6, 6.07) is 3.86. The molecule has 2 heterocycles. The first-order chi connectivity index (χ1) is 9.24. The van der Waals surface area contributed by atoms with Crippen molar-refractivity contribution >= 4 is 0 Å². The summed E-state index contributed by atoms with van der Waals surface area (Å²) in [5.74, 6) is 0.186. The summed E-state index contributed by atoms with van der Waals surface area (Å²) in [5, 5.41) is 3.29. The van der Waals surface area contributed by atoms with E-state index in [-0.39, 0.29) is 5.56 Å². The molecule has 3 rings (SSSR count). The average molecular weight is 263 g/mol. The predicted octanol–water partition coefficient (Wildman–Crippen LogP) is 2.51. The van der Waals surface area contributed by atoms with Crippen molar-refractivity contribution in [1.82, 2.24) is 15.3 Å². The van der Waals surface area contributed by atoms with Crippen molar-refractivity contribution in [3.05, 3.63) is 41.9 Å². The minimum absolute atomic E-state index is 0.0363. The van der Waals surface area contributed by atoms with Gasteiger partial charge in [-0.2, -0.15) is 0 Å². The number of aromatic amines is 1. The number of halogens is 2. The van der Waals surface area contributed by atoms with Gasteiger partial charge in [0.1, 0.15) is 17.5 Å². The zero-order chi connectivity index (χ0) is 13.2. The molecule has 2 aromatic rings. The molecule has 1 aromatic heterocycles. The minimum Gasteiger partial charge on any atom is -0.342 e. The molecule has 1 fully saturated rings. The summed E-state index contributed by atoms with van der Waals surface area (Å²) in [6.07, 6.45) is 3.42. The molecular formula is C14H15F2N3. The average Bonchev–Trinajstić information content (AvgIpc) is 3.02. The molecule has 0 radical (unpaired) electrons. The third kappa shape index (κ3) is 2.51. The Morgan fingerprint density at radius 2 is 2.05 bits per heavy atom. The van der Waals surface area contributed by atoms with Crippen molar-refractivity contribution in [2.24, 2.45) is 5.92 Å². The Balaban J connectivity index is 1.84. The van der Waals surface area contributed by atoms with Gasteiger partial charge in [0.2, 0.25) is 0 Å². The lowest BCUT2D eigenvalue weighted by molar-refractivity contribution is 0.564. The second kappa shape index (κ2) is 5.09. The van der Waals surface area contributed by atoms with Gasteiger partial charge in [-0.05, 0) is 37.6 Å². The first-order valence-electron chi connectivity index (χ1n) is 6.43. The van der Waals surface area contributed by atoms with Crippen LogP contribution in [-0.4, -0.2) is 23.1 Å². The number of imidazole rings is 1. The van der Waals surface area contributed by atoms with E-state index >= 15 is 0 Å². The summed E-state index contributed by atoms with van der Waals surface area (Å²) in [4.78, 5) is 7.24. The van der Waals surface area contributed by atoms with Crippen molar-refractivity contribution in [3.8, 4) is 11.3 Å². The van der Waals surface area contributed by atoms with E-state index in [1.807, 2.05) is 0 Å². The van der Waals surface area contributed by atoms with Crippen molar-refractivity contribution in [1.29, 1.82) is 0 Å². The van der Waals surface area contributed by atoms with E-state index in [4.69, 9.17) is 0 Å². The van der Waals surface area contributed by atoms with Crippen molar-refractivity contribution in [2.75, 3.05) is 13.1 Å². The fraction of sp³-hybridized carbons (Fsp3) is 0.357. The third-order valence-corrected chi connectivity index (χ3v) is 3.50. The molecule has 2 N–H and O–H groups in total. The lowest BCUT2D eigenvalue weighted by atomic mass is 10.1. The van der Waals surface area contributed by atoms with Gasteiger partial charge in [-0.25, -0.2) is 13.8 Å². The van der Waals surface area contributed by atoms with Gasteiger partial charge in [0, 0.05) is 6.42 Å². The van der Waals surface area contributed by atoms with Crippen LogP contribution in [0.15, 0.2) is 24.4 Å². The summed E-state index contributed by atoms with van der Waals surface area (Å²) < 4.78 is 27.3. The number of H-pyrrole nitrogens is 1. The van der Waals surface area contributed by atoms with Crippen LogP contribution in [0.3, 0.4) is 0 Å². The van der Waals surface area contributed by atoms with Crippen LogP contribution in [0.4, 0.5) is 8.78 Å². The molecule has 1 aliphatic heterocycles. The number of nitrogens with zero attached hydrogens (tertiary/aromatic N) is 1. The number of aromatic nitrogens is 2. The van der Waals surface area contributed by atoms with E-state index < -0.39 is 11.6 Å². The molecule has 19 heavy (non-hydrogen) atoms. The summed E-state index contributed by atoms with van der Waals surface area (Å²) in [6.45, 7) is 2.00. The standard InChI is InChI=1S/C14H15F2N3/c15-10-2-1-3-11(16)14(10)12-8-18-13(19-12)6-9-4-5-17-7-9/h1-3,8-9,17H,4-7H2,(H,18,19). The topological polar surface area (TPSA) is 40.7 Å². The van der Waals surface area contributed by atoms with Gasteiger partial charge in [0.25, 0.3) is 0 Å². The lowest BCUT2D eigenvalue weighted by Crippen LogP contribution is -2.11. The molecule has 1 aliphatic rings. The molecule has 1 atom stereocenters. The highest BCUT2D eigenvalue weighted by Crippen LogP contribution is 2.25. The van der Waals surface area contributed by atoms with Crippen LogP contribution in [0.1, 0.15) is 12.2 Å². The van der Waals surface area contributed by atoms with Crippen molar-refractivity contribution in [2.45, 2.75) is 12.8 Å². The normalized spacial score (nSPS) is 18.9. The molecule has 1 aromatic carbocycles. The third-order valence-electron chi connectivity index (χ3n) is 3.50. The van der Waals surface area contributed by atoms with Gasteiger partial charge < -0.3 is 10.3 Å². The first-order valence-corrected chi connectivity index (χ1v) is 6.43. The van der Waals surface area contributed by atoms with Crippen molar-refractivity contribution < 1.29 is 8.78 Å². The summed E-state index contributed by atoms with van der Waals surface area (Å²) >= 11 is 0. The SMILES string of the molecule is Fc1cccc(F)c1-c1cnc(CC2CCNC2)[nH]1. The monoisotopic (exact) mass is 263 g/mol. The smallest absolute Gasteiger partial charge is 0.135 e. The molecule has 3 nitrogen and oxygen atoms in total.